The summed E-state index contributed by atoms with van der Waals surface area (Å²) < 4.78 is 1.96. The predicted molar refractivity (Wildman–Crippen MR) is 67.8 cm³/mol. The Morgan fingerprint density at radius 1 is 1.19 bits per heavy atom. The Hall–Kier alpha value is -1.32. The summed E-state index contributed by atoms with van der Waals surface area (Å²) in [4.78, 5) is 0. The van der Waals surface area contributed by atoms with E-state index >= 15 is 0 Å². The van der Waals surface area contributed by atoms with Crippen LogP contribution < -0.4 is 5.32 Å². The van der Waals surface area contributed by atoms with E-state index in [9.17, 15) is 0 Å². The lowest BCUT2D eigenvalue weighted by Gasteiger charge is -2.00. The largest absolute Gasteiger partial charge is 0.316 e. The third-order valence-electron chi connectivity index (χ3n) is 2.26. The monoisotopic (exact) mass is 237 g/mol. The van der Waals surface area contributed by atoms with Crippen molar-refractivity contribution in [3.8, 4) is 0 Å². The molecule has 0 bridgehead atoms. The molecule has 16 heavy (non-hydrogen) atoms. The van der Waals surface area contributed by atoms with E-state index in [-0.39, 0.29) is 12.4 Å². The Morgan fingerprint density at radius 3 is 2.62 bits per heavy atom. The van der Waals surface area contributed by atoms with Gasteiger partial charge in [0.25, 0.3) is 0 Å². The van der Waals surface area contributed by atoms with Crippen LogP contribution in [0.3, 0.4) is 0 Å². The second-order valence-corrected chi connectivity index (χ2v) is 3.56. The molecular formula is C12H16ClN3. The van der Waals surface area contributed by atoms with Gasteiger partial charge >= 0.3 is 0 Å². The van der Waals surface area contributed by atoms with Crippen molar-refractivity contribution < 1.29 is 0 Å². The third-order valence-corrected chi connectivity index (χ3v) is 2.26. The lowest BCUT2D eigenvalue weighted by Crippen LogP contribution is -2.04. The quantitative estimate of drug-likeness (QED) is 0.883. The molecule has 4 heteroatoms. The maximum absolute atomic E-state index is 4.31. The van der Waals surface area contributed by atoms with E-state index in [4.69, 9.17) is 0 Å². The van der Waals surface area contributed by atoms with Crippen LogP contribution in [0.4, 0.5) is 0 Å². The molecule has 1 heterocycles. The summed E-state index contributed by atoms with van der Waals surface area (Å²) in [5.74, 6) is 0. The van der Waals surface area contributed by atoms with Crippen LogP contribution in [0.2, 0.25) is 0 Å². The first-order chi connectivity index (χ1) is 7.38. The van der Waals surface area contributed by atoms with Crippen molar-refractivity contribution >= 4 is 12.4 Å². The molecule has 2 rings (SSSR count). The van der Waals surface area contributed by atoms with Crippen molar-refractivity contribution in [3.05, 3.63) is 53.9 Å². The normalized spacial score (nSPS) is 9.81. The number of hydrogen-bond donors (Lipinski definition) is 1. The van der Waals surface area contributed by atoms with Crippen molar-refractivity contribution in [2.75, 3.05) is 7.05 Å². The van der Waals surface area contributed by atoms with Crippen molar-refractivity contribution in [3.63, 3.8) is 0 Å². The molecule has 0 saturated carbocycles. The molecule has 86 valence electrons. The molecule has 1 N–H and O–H groups in total. The molecule has 0 spiro atoms. The lowest BCUT2D eigenvalue weighted by molar-refractivity contribution is 0.685. The van der Waals surface area contributed by atoms with Gasteiger partial charge in [0.05, 0.1) is 12.7 Å². The molecule has 0 aliphatic rings. The maximum atomic E-state index is 4.31. The molecule has 0 radical (unpaired) electrons. The Kier molecular flexibility index (Phi) is 5.02. The maximum Gasteiger partial charge on any atom is 0.0659 e. The fraction of sp³-hybridized carbons (Fsp3) is 0.250. The first kappa shape index (κ1) is 12.7. The van der Waals surface area contributed by atoms with Gasteiger partial charge in [0.2, 0.25) is 0 Å². The zero-order valence-corrected chi connectivity index (χ0v) is 10.1. The molecule has 0 unspecified atom stereocenters. The minimum absolute atomic E-state index is 0. The molecule has 1 aromatic carbocycles. The van der Waals surface area contributed by atoms with Gasteiger partial charge in [-0.05, 0) is 12.6 Å². The fourth-order valence-electron chi connectivity index (χ4n) is 1.56. The molecule has 0 fully saturated rings. The van der Waals surface area contributed by atoms with E-state index in [1.807, 2.05) is 36.1 Å². The number of nitrogens with zero attached hydrogens (tertiary/aromatic N) is 2. The van der Waals surface area contributed by atoms with Gasteiger partial charge in [-0.2, -0.15) is 5.10 Å². The summed E-state index contributed by atoms with van der Waals surface area (Å²) >= 11 is 0. The second-order valence-electron chi connectivity index (χ2n) is 3.56. The first-order valence-corrected chi connectivity index (χ1v) is 5.08. The minimum Gasteiger partial charge on any atom is -0.316 e. The van der Waals surface area contributed by atoms with Crippen LogP contribution in [0.5, 0.6) is 0 Å². The van der Waals surface area contributed by atoms with Gasteiger partial charge < -0.3 is 5.32 Å². The summed E-state index contributed by atoms with van der Waals surface area (Å²) in [6.45, 7) is 1.71. The van der Waals surface area contributed by atoms with E-state index < -0.39 is 0 Å². The molecular weight excluding hydrogens is 222 g/mol. The highest BCUT2D eigenvalue weighted by Crippen LogP contribution is 2.03. The van der Waals surface area contributed by atoms with Crippen molar-refractivity contribution in [1.82, 2.24) is 15.1 Å². The highest BCUT2D eigenvalue weighted by molar-refractivity contribution is 5.85. The van der Waals surface area contributed by atoms with Crippen molar-refractivity contribution in [1.29, 1.82) is 0 Å². The summed E-state index contributed by atoms with van der Waals surface area (Å²) in [6, 6.07) is 10.3. The second kappa shape index (κ2) is 6.30. The number of aromatic nitrogens is 2. The molecule has 0 aliphatic carbocycles. The Morgan fingerprint density at radius 2 is 1.94 bits per heavy atom. The SMILES string of the molecule is CNCc1cnn(Cc2ccccc2)c1.Cl. The van der Waals surface area contributed by atoms with E-state index in [1.54, 1.807) is 0 Å². The van der Waals surface area contributed by atoms with E-state index in [2.05, 4.69) is 28.7 Å². The predicted octanol–water partition coefficient (Wildman–Crippen LogP) is 2.07. The smallest absolute Gasteiger partial charge is 0.0659 e. The molecule has 0 aliphatic heterocycles. The summed E-state index contributed by atoms with van der Waals surface area (Å²) in [7, 11) is 1.94. The van der Waals surface area contributed by atoms with Crippen molar-refractivity contribution in [2.45, 2.75) is 13.1 Å². The minimum atomic E-state index is 0. The van der Waals surface area contributed by atoms with E-state index in [1.165, 1.54) is 11.1 Å². The zero-order valence-electron chi connectivity index (χ0n) is 9.26. The van der Waals surface area contributed by atoms with Gasteiger partial charge in [-0.25, -0.2) is 0 Å². The van der Waals surface area contributed by atoms with Crippen LogP contribution in [0.25, 0.3) is 0 Å². The van der Waals surface area contributed by atoms with Crippen molar-refractivity contribution in [2.24, 2.45) is 0 Å². The zero-order chi connectivity index (χ0) is 10.5. The summed E-state index contributed by atoms with van der Waals surface area (Å²) in [6.07, 6.45) is 3.98. The third kappa shape index (κ3) is 3.36. The average Bonchev–Trinajstić information content (AvgIpc) is 2.68. The van der Waals surface area contributed by atoms with Gasteiger partial charge in [0.15, 0.2) is 0 Å². The lowest BCUT2D eigenvalue weighted by atomic mass is 10.2. The average molecular weight is 238 g/mol. The van der Waals surface area contributed by atoms with Crippen LogP contribution in [0.15, 0.2) is 42.7 Å². The number of benzene rings is 1. The first-order valence-electron chi connectivity index (χ1n) is 5.08. The highest BCUT2D eigenvalue weighted by Gasteiger charge is 1.98. The van der Waals surface area contributed by atoms with Crippen LogP contribution in [-0.2, 0) is 13.1 Å². The molecule has 0 atom stereocenters. The Balaban J connectivity index is 0.00000128. The number of rotatable bonds is 4. The summed E-state index contributed by atoms with van der Waals surface area (Å²) in [5, 5.41) is 7.41. The summed E-state index contributed by atoms with van der Waals surface area (Å²) in [5.41, 5.74) is 2.49. The van der Waals surface area contributed by atoms with E-state index in [0.717, 1.165) is 13.1 Å². The van der Waals surface area contributed by atoms with Gasteiger partial charge in [-0.3, -0.25) is 4.68 Å². The topological polar surface area (TPSA) is 29.9 Å². The number of nitrogens with one attached hydrogen (secondary N) is 1. The van der Waals surface area contributed by atoms with Crippen LogP contribution in [0.1, 0.15) is 11.1 Å². The van der Waals surface area contributed by atoms with Gasteiger partial charge in [-0.15, -0.1) is 12.4 Å². The van der Waals surface area contributed by atoms with Crippen LogP contribution in [0, 0.1) is 0 Å². The fourth-order valence-corrected chi connectivity index (χ4v) is 1.56. The van der Waals surface area contributed by atoms with E-state index in [0.29, 0.717) is 0 Å². The molecule has 1 aromatic heterocycles. The van der Waals surface area contributed by atoms with Gasteiger partial charge in [0, 0.05) is 18.3 Å². The highest BCUT2D eigenvalue weighted by atomic mass is 35.5. The Labute approximate surface area is 102 Å². The van der Waals surface area contributed by atoms with Crippen LogP contribution in [-0.4, -0.2) is 16.8 Å². The number of hydrogen-bond acceptors (Lipinski definition) is 2. The number of halogens is 1. The standard InChI is InChI=1S/C12H15N3.ClH/c1-13-7-12-8-14-15(10-12)9-11-5-3-2-4-6-11;/h2-6,8,10,13H,7,9H2,1H3;1H. The van der Waals surface area contributed by atoms with Crippen LogP contribution >= 0.6 is 12.4 Å². The molecule has 0 saturated heterocycles. The molecule has 2 aromatic rings. The van der Waals surface area contributed by atoms with Gasteiger partial charge in [0.1, 0.15) is 0 Å². The molecule has 3 nitrogen and oxygen atoms in total. The Bertz CT molecular complexity index is 411. The van der Waals surface area contributed by atoms with Gasteiger partial charge in [-0.1, -0.05) is 30.3 Å². The molecule has 0 amide bonds.